The number of anilines is 2. The highest BCUT2D eigenvalue weighted by Crippen LogP contribution is 2.34. The van der Waals surface area contributed by atoms with Gasteiger partial charge in [-0.25, -0.2) is 9.67 Å². The van der Waals surface area contributed by atoms with E-state index in [1.165, 1.54) is 0 Å². The van der Waals surface area contributed by atoms with E-state index in [2.05, 4.69) is 10.00 Å². The van der Waals surface area contributed by atoms with E-state index in [0.29, 0.717) is 5.69 Å². The molecular formula is C18H22N6O2S. The number of thiazole rings is 1. The van der Waals surface area contributed by atoms with Crippen molar-refractivity contribution in [2.75, 3.05) is 43.5 Å². The Balaban J connectivity index is 1.46. The highest BCUT2D eigenvalue weighted by molar-refractivity contribution is 7.22. The second-order valence-electron chi connectivity index (χ2n) is 6.87. The average molecular weight is 386 g/mol. The molecule has 2 fully saturated rings. The molecule has 0 spiro atoms. The van der Waals surface area contributed by atoms with Crippen LogP contribution in [0.3, 0.4) is 0 Å². The third-order valence-corrected chi connectivity index (χ3v) is 6.06. The van der Waals surface area contributed by atoms with E-state index < -0.39 is 0 Å². The number of hydrogen-bond donors (Lipinski definition) is 1. The maximum absolute atomic E-state index is 6.31. The first-order valence-electron chi connectivity index (χ1n) is 9.34. The second-order valence-corrected chi connectivity index (χ2v) is 7.88. The summed E-state index contributed by atoms with van der Waals surface area (Å²) in [5.74, 6) is 0. The van der Waals surface area contributed by atoms with Crippen molar-refractivity contribution >= 4 is 32.5 Å². The van der Waals surface area contributed by atoms with Gasteiger partial charge in [-0.1, -0.05) is 11.3 Å². The van der Waals surface area contributed by atoms with Gasteiger partial charge in [0.05, 0.1) is 35.5 Å². The van der Waals surface area contributed by atoms with Crippen LogP contribution in [0.2, 0.25) is 0 Å². The number of nitrogen functional groups attached to an aromatic ring is 1. The van der Waals surface area contributed by atoms with Gasteiger partial charge in [-0.3, -0.25) is 0 Å². The van der Waals surface area contributed by atoms with E-state index in [-0.39, 0.29) is 6.23 Å². The summed E-state index contributed by atoms with van der Waals surface area (Å²) in [6.07, 6.45) is 7.04. The minimum Gasteiger partial charge on any atom is -0.397 e. The third-order valence-electron chi connectivity index (χ3n) is 5.01. The topological polar surface area (TPSA) is 91.3 Å². The standard InChI is InChI=1S/C18H22N6O2S/c19-13-9-14-17(22-18(27-14)23-4-7-25-8-5-23)21-16(13)12-10-20-24(11-12)15-3-1-2-6-26-15/h9-11,15H,1-8,19H2. The fourth-order valence-electron chi connectivity index (χ4n) is 3.54. The highest BCUT2D eigenvalue weighted by atomic mass is 32.1. The van der Waals surface area contributed by atoms with Crippen LogP contribution in [0, 0.1) is 0 Å². The van der Waals surface area contributed by atoms with Crippen molar-refractivity contribution in [1.29, 1.82) is 0 Å². The van der Waals surface area contributed by atoms with Crippen molar-refractivity contribution in [3.05, 3.63) is 18.5 Å². The van der Waals surface area contributed by atoms with Crippen molar-refractivity contribution < 1.29 is 9.47 Å². The van der Waals surface area contributed by atoms with Crippen LogP contribution in [-0.4, -0.2) is 52.7 Å². The predicted octanol–water partition coefficient (Wildman–Crippen LogP) is 2.67. The largest absolute Gasteiger partial charge is 0.397 e. The molecule has 27 heavy (non-hydrogen) atoms. The van der Waals surface area contributed by atoms with Crippen molar-refractivity contribution in [3.63, 3.8) is 0 Å². The van der Waals surface area contributed by atoms with Crippen molar-refractivity contribution in [1.82, 2.24) is 19.7 Å². The first kappa shape index (κ1) is 16.9. The minimum atomic E-state index is 0.00431. The summed E-state index contributed by atoms with van der Waals surface area (Å²) in [7, 11) is 0. The summed E-state index contributed by atoms with van der Waals surface area (Å²) in [6.45, 7) is 3.97. The molecule has 142 valence electrons. The molecule has 1 unspecified atom stereocenters. The van der Waals surface area contributed by atoms with Gasteiger partial charge in [0.2, 0.25) is 0 Å². The molecule has 0 bridgehead atoms. The zero-order valence-corrected chi connectivity index (χ0v) is 15.8. The van der Waals surface area contributed by atoms with E-state index in [4.69, 9.17) is 25.2 Å². The molecule has 0 radical (unpaired) electrons. The molecule has 2 aliphatic heterocycles. The van der Waals surface area contributed by atoms with E-state index in [9.17, 15) is 0 Å². The van der Waals surface area contributed by atoms with Crippen LogP contribution in [0.1, 0.15) is 25.5 Å². The summed E-state index contributed by atoms with van der Waals surface area (Å²) in [4.78, 5) is 11.7. The van der Waals surface area contributed by atoms with Gasteiger partial charge < -0.3 is 20.1 Å². The number of aromatic nitrogens is 4. The maximum atomic E-state index is 6.31. The number of nitrogens with zero attached hydrogens (tertiary/aromatic N) is 5. The number of ether oxygens (including phenoxy) is 2. The van der Waals surface area contributed by atoms with Crippen LogP contribution in [0.4, 0.5) is 10.8 Å². The van der Waals surface area contributed by atoms with Gasteiger partial charge in [-0.15, -0.1) is 0 Å². The lowest BCUT2D eigenvalue weighted by atomic mass is 10.2. The van der Waals surface area contributed by atoms with Crippen LogP contribution in [-0.2, 0) is 9.47 Å². The molecule has 8 nitrogen and oxygen atoms in total. The lowest BCUT2D eigenvalue weighted by molar-refractivity contribution is -0.0394. The Morgan fingerprint density at radius 1 is 1.15 bits per heavy atom. The fourth-order valence-corrected chi connectivity index (χ4v) is 4.55. The van der Waals surface area contributed by atoms with Crippen LogP contribution >= 0.6 is 11.3 Å². The number of rotatable bonds is 3. The molecule has 2 N–H and O–H groups in total. The average Bonchev–Trinajstić information content (AvgIpc) is 3.35. The van der Waals surface area contributed by atoms with Gasteiger partial charge in [-0.05, 0) is 25.3 Å². The Morgan fingerprint density at radius 2 is 2.04 bits per heavy atom. The number of pyridine rings is 1. The first-order chi connectivity index (χ1) is 13.3. The van der Waals surface area contributed by atoms with E-state index in [0.717, 1.165) is 78.9 Å². The SMILES string of the molecule is Nc1cc2sc(N3CCOCC3)nc2nc1-c1cnn(C2CCCCO2)c1. The van der Waals surface area contributed by atoms with Gasteiger partial charge in [0.15, 0.2) is 10.8 Å². The van der Waals surface area contributed by atoms with Gasteiger partial charge in [0.1, 0.15) is 6.23 Å². The molecule has 3 aromatic heterocycles. The van der Waals surface area contributed by atoms with Gasteiger partial charge in [0, 0.05) is 31.5 Å². The van der Waals surface area contributed by atoms with E-state index in [1.807, 2.05) is 16.9 Å². The molecule has 2 aliphatic rings. The Bertz CT molecular complexity index is 943. The summed E-state index contributed by atoms with van der Waals surface area (Å²) in [6, 6.07) is 1.97. The molecule has 0 amide bonds. The maximum Gasteiger partial charge on any atom is 0.188 e. The highest BCUT2D eigenvalue weighted by Gasteiger charge is 2.20. The Kier molecular flexibility index (Phi) is 4.42. The molecule has 1 atom stereocenters. The number of fused-ring (bicyclic) bond motifs is 1. The monoisotopic (exact) mass is 386 g/mol. The lowest BCUT2D eigenvalue weighted by Crippen LogP contribution is -2.36. The zero-order chi connectivity index (χ0) is 18.2. The van der Waals surface area contributed by atoms with Crippen molar-refractivity contribution in [3.8, 4) is 11.3 Å². The van der Waals surface area contributed by atoms with Crippen LogP contribution in [0.15, 0.2) is 18.5 Å². The third kappa shape index (κ3) is 3.26. The molecule has 2 saturated heterocycles. The summed E-state index contributed by atoms with van der Waals surface area (Å²) >= 11 is 1.63. The predicted molar refractivity (Wildman–Crippen MR) is 105 cm³/mol. The molecule has 5 heterocycles. The van der Waals surface area contributed by atoms with Crippen molar-refractivity contribution in [2.45, 2.75) is 25.5 Å². The molecule has 5 rings (SSSR count). The van der Waals surface area contributed by atoms with Crippen molar-refractivity contribution in [2.24, 2.45) is 0 Å². The quantitative estimate of drug-likeness (QED) is 0.740. The summed E-state index contributed by atoms with van der Waals surface area (Å²) < 4.78 is 14.1. The summed E-state index contributed by atoms with van der Waals surface area (Å²) in [5.41, 5.74) is 9.30. The molecular weight excluding hydrogens is 364 g/mol. The normalized spacial score (nSPS) is 21.0. The lowest BCUT2D eigenvalue weighted by Gasteiger charge is -2.25. The smallest absolute Gasteiger partial charge is 0.188 e. The Morgan fingerprint density at radius 3 is 2.85 bits per heavy atom. The number of morpholine rings is 1. The Hall–Kier alpha value is -2.23. The molecule has 0 aliphatic carbocycles. The van der Waals surface area contributed by atoms with Gasteiger partial charge >= 0.3 is 0 Å². The van der Waals surface area contributed by atoms with Gasteiger partial charge in [0.25, 0.3) is 0 Å². The zero-order valence-electron chi connectivity index (χ0n) is 15.0. The first-order valence-corrected chi connectivity index (χ1v) is 10.2. The molecule has 3 aromatic rings. The van der Waals surface area contributed by atoms with E-state index in [1.54, 1.807) is 17.5 Å². The summed E-state index contributed by atoms with van der Waals surface area (Å²) in [5, 5.41) is 5.45. The fraction of sp³-hybridized carbons (Fsp3) is 0.500. The molecule has 0 saturated carbocycles. The number of hydrogen-bond acceptors (Lipinski definition) is 8. The van der Waals surface area contributed by atoms with Crippen LogP contribution in [0.25, 0.3) is 21.6 Å². The van der Waals surface area contributed by atoms with E-state index >= 15 is 0 Å². The Labute approximate surface area is 160 Å². The second kappa shape index (κ2) is 7.06. The molecule has 9 heteroatoms. The molecule has 0 aromatic carbocycles. The minimum absolute atomic E-state index is 0.00431. The van der Waals surface area contributed by atoms with Crippen LogP contribution in [0.5, 0.6) is 0 Å². The van der Waals surface area contributed by atoms with Gasteiger partial charge in [-0.2, -0.15) is 10.1 Å². The van der Waals surface area contributed by atoms with Crippen LogP contribution < -0.4 is 10.6 Å². The number of nitrogens with two attached hydrogens (primary N) is 1.